The fourth-order valence-electron chi connectivity index (χ4n) is 3.48. The second-order valence-electron chi connectivity index (χ2n) is 7.42. The molecule has 1 aliphatic rings. The van der Waals surface area contributed by atoms with E-state index in [0.29, 0.717) is 27.8 Å². The molecule has 0 spiro atoms. The van der Waals surface area contributed by atoms with Crippen molar-refractivity contribution in [3.8, 4) is 11.5 Å². The largest absolute Gasteiger partial charge is 0.490 e. The molecule has 1 atom stereocenters. The van der Waals surface area contributed by atoms with Crippen LogP contribution in [0.4, 0.5) is 5.69 Å². The van der Waals surface area contributed by atoms with Gasteiger partial charge in [-0.3, -0.25) is 9.10 Å². The first-order valence-electron chi connectivity index (χ1n) is 10.4. The van der Waals surface area contributed by atoms with Crippen molar-refractivity contribution in [3.63, 3.8) is 0 Å². The number of carbonyl (C=O) groups excluding carboxylic acids is 1. The van der Waals surface area contributed by atoms with Crippen LogP contribution in [0.25, 0.3) is 0 Å². The van der Waals surface area contributed by atoms with Crippen molar-refractivity contribution in [2.45, 2.75) is 11.9 Å². The van der Waals surface area contributed by atoms with Gasteiger partial charge in [-0.25, -0.2) is 8.42 Å². The SMILES string of the molecule is O=C(NCCOc1ccccc1Cl)[C@H]1CN(S(=O)(=O)Cc2ccccc2)c2ccccc2O1. The number of hydrogen-bond donors (Lipinski definition) is 1. The van der Waals surface area contributed by atoms with Crippen LogP contribution in [-0.4, -0.2) is 40.1 Å². The lowest BCUT2D eigenvalue weighted by Crippen LogP contribution is -2.51. The van der Waals surface area contributed by atoms with E-state index in [0.717, 1.165) is 0 Å². The second-order valence-corrected chi connectivity index (χ2v) is 9.72. The lowest BCUT2D eigenvalue weighted by molar-refractivity contribution is -0.127. The first-order chi connectivity index (χ1) is 15.9. The average Bonchev–Trinajstić information content (AvgIpc) is 2.82. The van der Waals surface area contributed by atoms with Gasteiger partial charge in [-0.15, -0.1) is 0 Å². The number of fused-ring (bicyclic) bond motifs is 1. The maximum Gasteiger partial charge on any atom is 0.263 e. The van der Waals surface area contributed by atoms with Crippen LogP contribution >= 0.6 is 11.6 Å². The summed E-state index contributed by atoms with van der Waals surface area (Å²) >= 11 is 6.06. The molecular weight excluding hydrogens is 464 g/mol. The first-order valence-corrected chi connectivity index (χ1v) is 12.4. The molecule has 0 saturated heterocycles. The van der Waals surface area contributed by atoms with Gasteiger partial charge >= 0.3 is 0 Å². The summed E-state index contributed by atoms with van der Waals surface area (Å²) in [5, 5.41) is 3.22. The van der Waals surface area contributed by atoms with Crippen molar-refractivity contribution in [2.24, 2.45) is 0 Å². The molecule has 4 rings (SSSR count). The molecule has 1 amide bonds. The number of benzene rings is 3. The Balaban J connectivity index is 1.43. The Bertz CT molecular complexity index is 1220. The summed E-state index contributed by atoms with van der Waals surface area (Å²) in [4.78, 5) is 12.8. The fourth-order valence-corrected chi connectivity index (χ4v) is 5.25. The molecule has 1 heterocycles. The van der Waals surface area contributed by atoms with Crippen LogP contribution in [-0.2, 0) is 20.6 Å². The number of rotatable bonds is 8. The number of halogens is 1. The van der Waals surface area contributed by atoms with E-state index >= 15 is 0 Å². The van der Waals surface area contributed by atoms with Crippen molar-refractivity contribution < 1.29 is 22.7 Å². The molecule has 1 N–H and O–H groups in total. The maximum atomic E-state index is 13.2. The number of amides is 1. The van der Waals surface area contributed by atoms with Crippen LogP contribution in [0.2, 0.25) is 5.02 Å². The summed E-state index contributed by atoms with van der Waals surface area (Å²) < 4.78 is 39.1. The van der Waals surface area contributed by atoms with E-state index in [-0.39, 0.29) is 25.4 Å². The normalized spacial score (nSPS) is 15.3. The molecule has 0 radical (unpaired) electrons. The molecule has 0 unspecified atom stereocenters. The third kappa shape index (κ3) is 5.58. The number of para-hydroxylation sites is 3. The predicted octanol–water partition coefficient (Wildman–Crippen LogP) is 3.63. The zero-order valence-corrected chi connectivity index (χ0v) is 19.3. The Morgan fingerprint density at radius 2 is 1.73 bits per heavy atom. The number of nitrogens with zero attached hydrogens (tertiary/aromatic N) is 1. The van der Waals surface area contributed by atoms with E-state index in [1.54, 1.807) is 72.8 Å². The predicted molar refractivity (Wildman–Crippen MR) is 127 cm³/mol. The van der Waals surface area contributed by atoms with Crippen LogP contribution in [0.1, 0.15) is 5.56 Å². The van der Waals surface area contributed by atoms with E-state index in [1.807, 2.05) is 6.07 Å². The zero-order chi connectivity index (χ0) is 23.3. The molecule has 1 aliphatic heterocycles. The van der Waals surface area contributed by atoms with E-state index < -0.39 is 22.0 Å². The van der Waals surface area contributed by atoms with Gasteiger partial charge in [-0.1, -0.05) is 66.2 Å². The Kier molecular flexibility index (Phi) is 7.05. The molecule has 0 saturated carbocycles. The monoisotopic (exact) mass is 486 g/mol. The first kappa shape index (κ1) is 22.9. The van der Waals surface area contributed by atoms with Crippen LogP contribution in [0, 0.1) is 0 Å². The van der Waals surface area contributed by atoms with Gasteiger partial charge in [0.15, 0.2) is 6.10 Å². The van der Waals surface area contributed by atoms with Gasteiger partial charge in [0.2, 0.25) is 10.0 Å². The van der Waals surface area contributed by atoms with Gasteiger partial charge in [-0.2, -0.15) is 0 Å². The van der Waals surface area contributed by atoms with Crippen molar-refractivity contribution in [3.05, 3.63) is 89.4 Å². The lowest BCUT2D eigenvalue weighted by Gasteiger charge is -2.34. The maximum absolute atomic E-state index is 13.2. The quantitative estimate of drug-likeness (QED) is 0.491. The van der Waals surface area contributed by atoms with Crippen LogP contribution < -0.4 is 19.1 Å². The van der Waals surface area contributed by atoms with Gasteiger partial charge in [0.05, 0.1) is 29.6 Å². The van der Waals surface area contributed by atoms with Crippen molar-refractivity contribution in [1.29, 1.82) is 0 Å². The van der Waals surface area contributed by atoms with Crippen LogP contribution in [0.5, 0.6) is 11.5 Å². The molecule has 172 valence electrons. The zero-order valence-electron chi connectivity index (χ0n) is 17.7. The molecular formula is C24H23ClN2O5S. The highest BCUT2D eigenvalue weighted by Gasteiger charge is 2.36. The van der Waals surface area contributed by atoms with E-state index in [2.05, 4.69) is 5.32 Å². The number of ether oxygens (including phenoxy) is 2. The minimum atomic E-state index is -3.75. The number of sulfonamides is 1. The molecule has 9 heteroatoms. The summed E-state index contributed by atoms with van der Waals surface area (Å²) in [6, 6.07) is 22.8. The highest BCUT2D eigenvalue weighted by molar-refractivity contribution is 7.92. The van der Waals surface area contributed by atoms with Gasteiger partial charge in [-0.05, 0) is 29.8 Å². The molecule has 7 nitrogen and oxygen atoms in total. The molecule has 33 heavy (non-hydrogen) atoms. The smallest absolute Gasteiger partial charge is 0.263 e. The summed E-state index contributed by atoms with van der Waals surface area (Å²) in [5.74, 6) is 0.261. The number of nitrogens with one attached hydrogen (secondary N) is 1. The van der Waals surface area contributed by atoms with Crippen molar-refractivity contribution >= 4 is 33.2 Å². The highest BCUT2D eigenvalue weighted by atomic mass is 35.5. The van der Waals surface area contributed by atoms with Crippen molar-refractivity contribution in [1.82, 2.24) is 5.32 Å². The standard InChI is InChI=1S/C24H23ClN2O5S/c25-19-10-4-6-12-21(19)31-15-14-26-24(28)23-16-27(20-11-5-7-13-22(20)32-23)33(29,30)17-18-8-2-1-3-9-18/h1-13,23H,14-17H2,(H,26,28)/t23-/m1/s1. The number of hydrogen-bond acceptors (Lipinski definition) is 5. The highest BCUT2D eigenvalue weighted by Crippen LogP contribution is 2.35. The summed E-state index contributed by atoms with van der Waals surface area (Å²) in [7, 11) is -3.75. The lowest BCUT2D eigenvalue weighted by atomic mass is 10.2. The average molecular weight is 487 g/mol. The molecule has 0 aliphatic carbocycles. The third-order valence-electron chi connectivity index (χ3n) is 5.05. The topological polar surface area (TPSA) is 84.9 Å². The summed E-state index contributed by atoms with van der Waals surface area (Å²) in [6.07, 6.45) is -0.995. The molecule has 0 aromatic heterocycles. The van der Waals surface area contributed by atoms with Crippen LogP contribution in [0.3, 0.4) is 0 Å². The van der Waals surface area contributed by atoms with Gasteiger partial charge in [0, 0.05) is 0 Å². The number of anilines is 1. The Labute approximate surface area is 197 Å². The number of carbonyl (C=O) groups is 1. The fraction of sp³-hybridized carbons (Fsp3) is 0.208. The summed E-state index contributed by atoms with van der Waals surface area (Å²) in [6.45, 7) is 0.292. The van der Waals surface area contributed by atoms with Crippen LogP contribution in [0.15, 0.2) is 78.9 Å². The second kappa shape index (κ2) is 10.1. The van der Waals surface area contributed by atoms with Gasteiger partial charge < -0.3 is 14.8 Å². The molecule has 0 fully saturated rings. The third-order valence-corrected chi connectivity index (χ3v) is 7.08. The Morgan fingerprint density at radius 3 is 2.52 bits per heavy atom. The van der Waals surface area contributed by atoms with E-state index in [1.165, 1.54) is 4.31 Å². The Hall–Kier alpha value is -3.23. The molecule has 3 aromatic carbocycles. The van der Waals surface area contributed by atoms with Crippen molar-refractivity contribution in [2.75, 3.05) is 24.0 Å². The van der Waals surface area contributed by atoms with Gasteiger partial charge in [0.25, 0.3) is 5.91 Å². The van der Waals surface area contributed by atoms with Gasteiger partial charge in [0.1, 0.15) is 18.1 Å². The van der Waals surface area contributed by atoms with E-state index in [4.69, 9.17) is 21.1 Å². The summed E-state index contributed by atoms with van der Waals surface area (Å²) in [5.41, 5.74) is 1.08. The molecule has 3 aromatic rings. The molecule has 0 bridgehead atoms. The minimum absolute atomic E-state index is 0.122. The Morgan fingerprint density at radius 1 is 1.03 bits per heavy atom. The minimum Gasteiger partial charge on any atom is -0.490 e. The van der Waals surface area contributed by atoms with E-state index in [9.17, 15) is 13.2 Å².